The van der Waals surface area contributed by atoms with Gasteiger partial charge in [-0.1, -0.05) is 0 Å². The van der Waals surface area contributed by atoms with Crippen LogP contribution in [-0.4, -0.2) is 56.8 Å². The molecule has 0 aliphatic carbocycles. The monoisotopic (exact) mass is 357 g/mol. The van der Waals surface area contributed by atoms with Crippen LogP contribution in [0.25, 0.3) is 0 Å². The summed E-state index contributed by atoms with van der Waals surface area (Å²) in [6.07, 6.45) is 2.45. The Morgan fingerprint density at radius 3 is 2.29 bits per heavy atom. The Labute approximate surface area is 142 Å². The van der Waals surface area contributed by atoms with E-state index < -0.39 is 15.8 Å². The van der Waals surface area contributed by atoms with Gasteiger partial charge in [-0.05, 0) is 37.1 Å². The average Bonchev–Trinajstić information content (AvgIpc) is 2.50. The van der Waals surface area contributed by atoms with E-state index in [4.69, 9.17) is 9.84 Å². The Balaban J connectivity index is 2.27. The maximum absolute atomic E-state index is 11.8. The SMILES string of the molecule is CN(CCCC(=O)O)C(=O)CCCOc1ccc(S(C)(=O)=O)cc1. The van der Waals surface area contributed by atoms with Crippen molar-refractivity contribution in [2.75, 3.05) is 26.5 Å². The van der Waals surface area contributed by atoms with Crippen LogP contribution in [0.1, 0.15) is 25.7 Å². The molecule has 0 aliphatic rings. The normalized spacial score (nSPS) is 11.1. The first-order valence-electron chi connectivity index (χ1n) is 7.59. The molecule has 0 fully saturated rings. The van der Waals surface area contributed by atoms with E-state index >= 15 is 0 Å². The highest BCUT2D eigenvalue weighted by molar-refractivity contribution is 7.90. The molecule has 0 heterocycles. The molecule has 0 saturated heterocycles. The molecule has 0 unspecified atom stereocenters. The lowest BCUT2D eigenvalue weighted by atomic mass is 10.2. The summed E-state index contributed by atoms with van der Waals surface area (Å²) in [5.74, 6) is -0.382. The number of hydrogen-bond acceptors (Lipinski definition) is 5. The second-order valence-electron chi connectivity index (χ2n) is 5.51. The predicted molar refractivity (Wildman–Crippen MR) is 88.8 cm³/mol. The molecular formula is C16H23NO6S. The van der Waals surface area contributed by atoms with Crippen molar-refractivity contribution >= 4 is 21.7 Å². The summed E-state index contributed by atoms with van der Waals surface area (Å²) in [6.45, 7) is 0.756. The molecule has 0 spiro atoms. The second kappa shape index (κ2) is 9.27. The van der Waals surface area contributed by atoms with Gasteiger partial charge in [0, 0.05) is 32.7 Å². The molecule has 1 N–H and O–H groups in total. The third-order valence-corrected chi connectivity index (χ3v) is 4.49. The first-order valence-corrected chi connectivity index (χ1v) is 9.48. The maximum Gasteiger partial charge on any atom is 0.303 e. The standard InChI is InChI=1S/C16H23NO6S/c1-17(11-3-6-16(19)20)15(18)5-4-12-23-13-7-9-14(10-8-13)24(2,21)22/h7-10H,3-6,11-12H2,1-2H3,(H,19,20). The van der Waals surface area contributed by atoms with Crippen molar-refractivity contribution in [3.63, 3.8) is 0 Å². The molecule has 0 saturated carbocycles. The van der Waals surface area contributed by atoms with Gasteiger partial charge < -0.3 is 14.7 Å². The van der Waals surface area contributed by atoms with Gasteiger partial charge in [0.05, 0.1) is 11.5 Å². The van der Waals surface area contributed by atoms with Crippen LogP contribution in [0.15, 0.2) is 29.2 Å². The minimum atomic E-state index is -3.22. The summed E-state index contributed by atoms with van der Waals surface area (Å²) in [4.78, 5) is 24.0. The van der Waals surface area contributed by atoms with E-state index in [0.29, 0.717) is 38.2 Å². The lowest BCUT2D eigenvalue weighted by Gasteiger charge is -2.16. The first kappa shape index (κ1) is 20.0. The molecule has 0 radical (unpaired) electrons. The predicted octanol–water partition coefficient (Wildman–Crippen LogP) is 1.57. The number of hydrogen-bond donors (Lipinski definition) is 1. The third-order valence-electron chi connectivity index (χ3n) is 3.37. The van der Waals surface area contributed by atoms with Crippen molar-refractivity contribution < 1.29 is 27.9 Å². The van der Waals surface area contributed by atoms with Crippen molar-refractivity contribution in [3.8, 4) is 5.75 Å². The minimum absolute atomic E-state index is 0.0458. The number of carbonyl (C=O) groups excluding carboxylic acids is 1. The number of carbonyl (C=O) groups is 2. The van der Waals surface area contributed by atoms with Gasteiger partial charge in [0.25, 0.3) is 0 Å². The van der Waals surface area contributed by atoms with Gasteiger partial charge in [-0.15, -0.1) is 0 Å². The topological polar surface area (TPSA) is 101 Å². The van der Waals surface area contributed by atoms with Crippen LogP contribution in [0.4, 0.5) is 0 Å². The summed E-state index contributed by atoms with van der Waals surface area (Å²) >= 11 is 0. The van der Waals surface area contributed by atoms with Gasteiger partial charge in [0.15, 0.2) is 9.84 Å². The molecule has 134 valence electrons. The Bertz CT molecular complexity index is 654. The largest absolute Gasteiger partial charge is 0.494 e. The summed E-state index contributed by atoms with van der Waals surface area (Å²) < 4.78 is 28.2. The number of rotatable bonds is 10. The summed E-state index contributed by atoms with van der Waals surface area (Å²) in [6, 6.07) is 6.12. The third kappa shape index (κ3) is 7.45. The van der Waals surface area contributed by atoms with Gasteiger partial charge in [-0.2, -0.15) is 0 Å². The second-order valence-corrected chi connectivity index (χ2v) is 7.52. The van der Waals surface area contributed by atoms with Crippen molar-refractivity contribution in [3.05, 3.63) is 24.3 Å². The Hall–Kier alpha value is -2.09. The number of carboxylic acid groups (broad SMARTS) is 1. The molecular weight excluding hydrogens is 334 g/mol. The smallest absolute Gasteiger partial charge is 0.303 e. The van der Waals surface area contributed by atoms with E-state index in [-0.39, 0.29) is 17.2 Å². The molecule has 1 amide bonds. The first-order chi connectivity index (χ1) is 11.2. The van der Waals surface area contributed by atoms with E-state index in [1.165, 1.54) is 17.0 Å². The number of carboxylic acids is 1. The molecule has 7 nitrogen and oxygen atoms in total. The molecule has 0 atom stereocenters. The molecule has 24 heavy (non-hydrogen) atoms. The number of aliphatic carboxylic acids is 1. The van der Waals surface area contributed by atoms with E-state index in [1.807, 2.05) is 0 Å². The lowest BCUT2D eigenvalue weighted by molar-refractivity contribution is -0.138. The molecule has 0 aromatic heterocycles. The van der Waals surface area contributed by atoms with Crippen LogP contribution in [-0.2, 0) is 19.4 Å². The molecule has 1 rings (SSSR count). The van der Waals surface area contributed by atoms with Crippen molar-refractivity contribution in [2.24, 2.45) is 0 Å². The van der Waals surface area contributed by atoms with Crippen molar-refractivity contribution in [2.45, 2.75) is 30.6 Å². The van der Waals surface area contributed by atoms with E-state index in [0.717, 1.165) is 6.26 Å². The van der Waals surface area contributed by atoms with Gasteiger partial charge in [0.2, 0.25) is 5.91 Å². The number of sulfone groups is 1. The average molecular weight is 357 g/mol. The Morgan fingerprint density at radius 2 is 1.75 bits per heavy atom. The van der Waals surface area contributed by atoms with Crippen LogP contribution < -0.4 is 4.74 Å². The van der Waals surface area contributed by atoms with Gasteiger partial charge in [-0.3, -0.25) is 9.59 Å². The highest BCUT2D eigenvalue weighted by Crippen LogP contribution is 2.16. The van der Waals surface area contributed by atoms with Gasteiger partial charge in [0.1, 0.15) is 5.75 Å². The van der Waals surface area contributed by atoms with Crippen molar-refractivity contribution in [1.82, 2.24) is 4.90 Å². The quantitative estimate of drug-likeness (QED) is 0.638. The molecule has 8 heteroatoms. The molecule has 1 aromatic carbocycles. The fourth-order valence-electron chi connectivity index (χ4n) is 1.98. The zero-order valence-corrected chi connectivity index (χ0v) is 14.7. The molecule has 0 bridgehead atoms. The summed E-state index contributed by atoms with van der Waals surface area (Å²) in [7, 11) is -1.57. The van der Waals surface area contributed by atoms with E-state index in [1.54, 1.807) is 19.2 Å². The van der Waals surface area contributed by atoms with Gasteiger partial charge >= 0.3 is 5.97 Å². The number of ether oxygens (including phenoxy) is 1. The van der Waals surface area contributed by atoms with Crippen LogP contribution in [0, 0.1) is 0 Å². The fraction of sp³-hybridized carbons (Fsp3) is 0.500. The Kier molecular flexibility index (Phi) is 7.70. The van der Waals surface area contributed by atoms with Crippen LogP contribution in [0.3, 0.4) is 0 Å². The zero-order valence-electron chi connectivity index (χ0n) is 13.9. The lowest BCUT2D eigenvalue weighted by Crippen LogP contribution is -2.28. The maximum atomic E-state index is 11.8. The zero-order chi connectivity index (χ0) is 18.2. The summed E-state index contributed by atoms with van der Waals surface area (Å²) in [5, 5.41) is 8.55. The number of benzene rings is 1. The highest BCUT2D eigenvalue weighted by atomic mass is 32.2. The number of amides is 1. The fourth-order valence-corrected chi connectivity index (χ4v) is 2.61. The summed E-state index contributed by atoms with van der Waals surface area (Å²) in [5.41, 5.74) is 0. The molecule has 0 aliphatic heterocycles. The van der Waals surface area contributed by atoms with E-state index in [9.17, 15) is 18.0 Å². The van der Waals surface area contributed by atoms with Crippen molar-refractivity contribution in [1.29, 1.82) is 0 Å². The molecule has 1 aromatic rings. The van der Waals surface area contributed by atoms with Gasteiger partial charge in [-0.25, -0.2) is 8.42 Å². The van der Waals surface area contributed by atoms with Crippen LogP contribution in [0.5, 0.6) is 5.75 Å². The minimum Gasteiger partial charge on any atom is -0.494 e. The van der Waals surface area contributed by atoms with Crippen LogP contribution >= 0.6 is 0 Å². The van der Waals surface area contributed by atoms with Crippen LogP contribution in [0.2, 0.25) is 0 Å². The van der Waals surface area contributed by atoms with E-state index in [2.05, 4.69) is 0 Å². The highest BCUT2D eigenvalue weighted by Gasteiger charge is 2.09. The Morgan fingerprint density at radius 1 is 1.12 bits per heavy atom. The number of nitrogens with zero attached hydrogens (tertiary/aromatic N) is 1.